The lowest BCUT2D eigenvalue weighted by Gasteiger charge is -1.96. The highest BCUT2D eigenvalue weighted by Crippen LogP contribution is 2.03. The average Bonchev–Trinajstić information content (AvgIpc) is 2.06. The molecule has 0 bridgehead atoms. The van der Waals surface area contributed by atoms with Gasteiger partial charge < -0.3 is 9.47 Å². The van der Waals surface area contributed by atoms with Crippen LogP contribution in [0.1, 0.15) is 0 Å². The van der Waals surface area contributed by atoms with Gasteiger partial charge >= 0.3 is 6.16 Å². The van der Waals surface area contributed by atoms with E-state index in [4.69, 9.17) is 5.26 Å². The van der Waals surface area contributed by atoms with Crippen molar-refractivity contribution in [2.75, 3.05) is 0 Å². The molecule has 0 unspecified atom stereocenters. The summed E-state index contributed by atoms with van der Waals surface area (Å²) in [6, 6.07) is 4.78. The molecule has 12 heavy (non-hydrogen) atoms. The Morgan fingerprint density at radius 2 is 2.42 bits per heavy atom. The summed E-state index contributed by atoms with van der Waals surface area (Å²) in [6.45, 7) is 0. The van der Waals surface area contributed by atoms with Crippen molar-refractivity contribution in [3.05, 3.63) is 24.4 Å². The molecule has 1 rings (SSSR count). The predicted molar refractivity (Wildman–Crippen MR) is 37.0 cm³/mol. The van der Waals surface area contributed by atoms with E-state index >= 15 is 0 Å². The molecule has 1 aromatic rings. The van der Waals surface area contributed by atoms with Gasteiger partial charge in [0.1, 0.15) is 0 Å². The summed E-state index contributed by atoms with van der Waals surface area (Å²) in [4.78, 5) is 14.2. The van der Waals surface area contributed by atoms with Gasteiger partial charge in [0.05, 0.1) is 0 Å². The van der Waals surface area contributed by atoms with Crippen LogP contribution in [0.2, 0.25) is 0 Å². The SMILES string of the molecule is N#COC(=O)Oc1ccccn1. The summed E-state index contributed by atoms with van der Waals surface area (Å²) in [7, 11) is 0. The Labute approximate surface area is 68.2 Å². The molecule has 0 atom stereocenters. The molecule has 5 heteroatoms. The minimum Gasteiger partial charge on any atom is -0.375 e. The van der Waals surface area contributed by atoms with Crippen LogP contribution in [0.15, 0.2) is 24.4 Å². The summed E-state index contributed by atoms with van der Waals surface area (Å²) >= 11 is 0. The van der Waals surface area contributed by atoms with Crippen molar-refractivity contribution in [3.63, 3.8) is 0 Å². The molecular formula is C7H4N2O3. The van der Waals surface area contributed by atoms with Gasteiger partial charge in [-0.3, -0.25) is 0 Å². The molecule has 0 aliphatic heterocycles. The van der Waals surface area contributed by atoms with Crippen LogP contribution in [-0.2, 0) is 4.74 Å². The predicted octanol–water partition coefficient (Wildman–Crippen LogP) is 1.08. The fourth-order valence-corrected chi connectivity index (χ4v) is 0.551. The first-order valence-corrected chi connectivity index (χ1v) is 3.01. The fraction of sp³-hybridized carbons (Fsp3) is 0. The highest BCUT2D eigenvalue weighted by molar-refractivity contribution is 5.63. The van der Waals surface area contributed by atoms with E-state index in [2.05, 4.69) is 14.5 Å². The minimum absolute atomic E-state index is 0.0951. The van der Waals surface area contributed by atoms with Crippen molar-refractivity contribution in [1.82, 2.24) is 4.98 Å². The average molecular weight is 164 g/mol. The summed E-state index contributed by atoms with van der Waals surface area (Å²) in [5.74, 6) is 0.0951. The monoisotopic (exact) mass is 164 g/mol. The summed E-state index contributed by atoms with van der Waals surface area (Å²) in [5.41, 5.74) is 0. The van der Waals surface area contributed by atoms with Crippen LogP contribution in [0.5, 0.6) is 5.88 Å². The lowest BCUT2D eigenvalue weighted by Crippen LogP contribution is -2.07. The molecule has 0 aromatic carbocycles. The highest BCUT2D eigenvalue weighted by Gasteiger charge is 2.04. The van der Waals surface area contributed by atoms with E-state index in [0.717, 1.165) is 0 Å². The number of aromatic nitrogens is 1. The molecule has 5 nitrogen and oxygen atoms in total. The van der Waals surface area contributed by atoms with Crippen molar-refractivity contribution < 1.29 is 14.3 Å². The number of nitrogens with zero attached hydrogens (tertiary/aromatic N) is 2. The fourth-order valence-electron chi connectivity index (χ4n) is 0.551. The standard InChI is InChI=1S/C7H4N2O3/c8-5-11-7(10)12-6-3-1-2-4-9-6/h1-4H. The van der Waals surface area contributed by atoms with Crippen LogP contribution in [0.3, 0.4) is 0 Å². The summed E-state index contributed by atoms with van der Waals surface area (Å²) in [5, 5.41) is 7.92. The topological polar surface area (TPSA) is 72.2 Å². The number of carbonyl (C=O) groups excluding carboxylic acids is 1. The minimum atomic E-state index is -1.09. The van der Waals surface area contributed by atoms with E-state index in [-0.39, 0.29) is 5.88 Å². The second-order valence-corrected chi connectivity index (χ2v) is 1.71. The van der Waals surface area contributed by atoms with Gasteiger partial charge in [-0.2, -0.15) is 0 Å². The van der Waals surface area contributed by atoms with E-state index in [9.17, 15) is 4.79 Å². The van der Waals surface area contributed by atoms with E-state index < -0.39 is 6.16 Å². The molecule has 1 aromatic heterocycles. The zero-order valence-electron chi connectivity index (χ0n) is 5.93. The summed E-state index contributed by atoms with van der Waals surface area (Å²) in [6.07, 6.45) is 1.55. The second-order valence-electron chi connectivity index (χ2n) is 1.71. The molecule has 0 amide bonds. The Morgan fingerprint density at radius 1 is 1.58 bits per heavy atom. The molecule has 0 radical (unpaired) electrons. The Bertz CT molecular complexity index is 304. The Kier molecular flexibility index (Phi) is 2.62. The number of ether oxygens (including phenoxy) is 2. The normalized spacial score (nSPS) is 8.25. The maximum Gasteiger partial charge on any atom is 0.531 e. The number of nitriles is 1. The first kappa shape index (κ1) is 8.01. The van der Waals surface area contributed by atoms with E-state index in [0.29, 0.717) is 0 Å². The van der Waals surface area contributed by atoms with Gasteiger partial charge in [0.25, 0.3) is 6.26 Å². The van der Waals surface area contributed by atoms with Gasteiger partial charge in [0.2, 0.25) is 5.88 Å². The smallest absolute Gasteiger partial charge is 0.375 e. The van der Waals surface area contributed by atoms with Gasteiger partial charge in [0, 0.05) is 12.3 Å². The van der Waals surface area contributed by atoms with E-state index in [1.54, 1.807) is 12.1 Å². The van der Waals surface area contributed by atoms with Gasteiger partial charge in [-0.15, -0.1) is 5.26 Å². The van der Waals surface area contributed by atoms with Crippen molar-refractivity contribution in [1.29, 1.82) is 5.26 Å². The molecule has 0 aliphatic carbocycles. The third-order valence-electron chi connectivity index (χ3n) is 0.955. The molecule has 0 aliphatic rings. The molecule has 0 N–H and O–H groups in total. The molecule has 0 saturated heterocycles. The van der Waals surface area contributed by atoms with Crippen molar-refractivity contribution in [2.24, 2.45) is 0 Å². The van der Waals surface area contributed by atoms with Gasteiger partial charge in [-0.05, 0) is 6.07 Å². The van der Waals surface area contributed by atoms with Crippen molar-refractivity contribution in [2.45, 2.75) is 0 Å². The van der Waals surface area contributed by atoms with Crippen LogP contribution in [0.4, 0.5) is 4.79 Å². The zero-order valence-corrected chi connectivity index (χ0v) is 5.93. The van der Waals surface area contributed by atoms with E-state index in [1.165, 1.54) is 18.5 Å². The Hall–Kier alpha value is -2.09. The third kappa shape index (κ3) is 2.27. The van der Waals surface area contributed by atoms with Crippen molar-refractivity contribution >= 4 is 6.16 Å². The third-order valence-corrected chi connectivity index (χ3v) is 0.955. The quantitative estimate of drug-likeness (QED) is 0.458. The highest BCUT2D eigenvalue weighted by atomic mass is 16.7. The van der Waals surface area contributed by atoms with E-state index in [1.807, 2.05) is 0 Å². The maximum atomic E-state index is 10.5. The number of carbonyl (C=O) groups is 1. The van der Waals surface area contributed by atoms with Crippen LogP contribution in [-0.4, -0.2) is 11.1 Å². The lowest BCUT2D eigenvalue weighted by molar-refractivity contribution is 0.139. The van der Waals surface area contributed by atoms with Crippen LogP contribution >= 0.6 is 0 Å². The number of hydrogen-bond acceptors (Lipinski definition) is 5. The molecule has 1 heterocycles. The van der Waals surface area contributed by atoms with Gasteiger partial charge in [-0.25, -0.2) is 9.78 Å². The maximum absolute atomic E-state index is 10.5. The first-order valence-electron chi connectivity index (χ1n) is 3.01. The first-order chi connectivity index (χ1) is 5.83. The zero-order chi connectivity index (χ0) is 8.81. The molecule has 60 valence electrons. The number of hydrogen-bond donors (Lipinski definition) is 0. The Morgan fingerprint density at radius 3 is 3.00 bits per heavy atom. The molecule has 0 fully saturated rings. The Balaban J connectivity index is 2.54. The lowest BCUT2D eigenvalue weighted by atomic mass is 10.5. The van der Waals surface area contributed by atoms with Crippen LogP contribution < -0.4 is 4.74 Å². The van der Waals surface area contributed by atoms with Crippen molar-refractivity contribution in [3.8, 4) is 12.1 Å². The molecule has 0 spiro atoms. The van der Waals surface area contributed by atoms with Crippen LogP contribution in [0.25, 0.3) is 0 Å². The number of pyridine rings is 1. The largest absolute Gasteiger partial charge is 0.531 e. The van der Waals surface area contributed by atoms with Gasteiger partial charge in [-0.1, -0.05) is 6.07 Å². The molecule has 0 saturated carbocycles. The number of rotatable bonds is 1. The summed E-state index contributed by atoms with van der Waals surface area (Å²) < 4.78 is 8.31. The molecular weight excluding hydrogens is 160 g/mol. The van der Waals surface area contributed by atoms with Crippen LogP contribution in [0, 0.1) is 11.5 Å². The second kappa shape index (κ2) is 3.93. The van der Waals surface area contributed by atoms with Gasteiger partial charge in [0.15, 0.2) is 0 Å².